The predicted molar refractivity (Wildman–Crippen MR) is 87.1 cm³/mol. The second kappa shape index (κ2) is 6.22. The maximum Gasteiger partial charge on any atom is 0.170 e. The SMILES string of the molecule is Cc1ccccc1COc1cccc2onc(CCS)c12. The van der Waals surface area contributed by atoms with Crippen LogP contribution in [0.4, 0.5) is 0 Å². The molecule has 0 bridgehead atoms. The van der Waals surface area contributed by atoms with Crippen molar-refractivity contribution in [2.45, 2.75) is 20.0 Å². The summed E-state index contributed by atoms with van der Waals surface area (Å²) in [5.74, 6) is 1.54. The molecule has 0 unspecified atom stereocenters. The standard InChI is InChI=1S/C17H17NO2S/c1-12-5-2-3-6-13(12)11-19-15-7-4-8-16-17(15)14(9-10-21)18-20-16/h2-8,21H,9-11H2,1H3. The summed E-state index contributed by atoms with van der Waals surface area (Å²) in [4.78, 5) is 0. The topological polar surface area (TPSA) is 35.3 Å². The molecule has 3 aromatic rings. The number of benzene rings is 2. The minimum Gasteiger partial charge on any atom is -0.488 e. The molecule has 3 rings (SSSR count). The van der Waals surface area contributed by atoms with Gasteiger partial charge in [-0.15, -0.1) is 0 Å². The molecule has 1 aromatic heterocycles. The van der Waals surface area contributed by atoms with Crippen molar-refractivity contribution in [1.82, 2.24) is 5.16 Å². The molecule has 0 saturated carbocycles. The summed E-state index contributed by atoms with van der Waals surface area (Å²) in [6.45, 7) is 2.63. The molecule has 0 aliphatic carbocycles. The maximum atomic E-state index is 6.01. The van der Waals surface area contributed by atoms with Crippen molar-refractivity contribution in [2.24, 2.45) is 0 Å². The molecule has 108 valence electrons. The lowest BCUT2D eigenvalue weighted by Gasteiger charge is -2.09. The van der Waals surface area contributed by atoms with E-state index in [0.717, 1.165) is 34.6 Å². The first-order valence-corrected chi connectivity index (χ1v) is 7.58. The van der Waals surface area contributed by atoms with E-state index in [-0.39, 0.29) is 0 Å². The highest BCUT2D eigenvalue weighted by molar-refractivity contribution is 7.80. The van der Waals surface area contributed by atoms with Crippen LogP contribution in [0.15, 0.2) is 47.0 Å². The summed E-state index contributed by atoms with van der Waals surface area (Å²) >= 11 is 4.27. The van der Waals surface area contributed by atoms with Crippen LogP contribution in [-0.4, -0.2) is 10.9 Å². The van der Waals surface area contributed by atoms with Crippen molar-refractivity contribution < 1.29 is 9.26 Å². The summed E-state index contributed by atoms with van der Waals surface area (Å²) in [5.41, 5.74) is 4.07. The Balaban J connectivity index is 1.90. The number of fused-ring (bicyclic) bond motifs is 1. The van der Waals surface area contributed by atoms with E-state index in [1.807, 2.05) is 30.3 Å². The van der Waals surface area contributed by atoms with E-state index >= 15 is 0 Å². The molecule has 3 nitrogen and oxygen atoms in total. The average Bonchev–Trinajstić information content (AvgIpc) is 2.91. The monoisotopic (exact) mass is 299 g/mol. The number of ether oxygens (including phenoxy) is 1. The summed E-state index contributed by atoms with van der Waals surface area (Å²) < 4.78 is 11.4. The van der Waals surface area contributed by atoms with Gasteiger partial charge < -0.3 is 9.26 Å². The highest BCUT2D eigenvalue weighted by Gasteiger charge is 2.13. The van der Waals surface area contributed by atoms with Gasteiger partial charge >= 0.3 is 0 Å². The zero-order chi connectivity index (χ0) is 14.7. The van der Waals surface area contributed by atoms with E-state index in [1.54, 1.807) is 0 Å². The smallest absolute Gasteiger partial charge is 0.170 e. The second-order valence-electron chi connectivity index (χ2n) is 4.95. The van der Waals surface area contributed by atoms with Gasteiger partial charge in [-0.25, -0.2) is 0 Å². The number of nitrogens with zero attached hydrogens (tertiary/aromatic N) is 1. The Labute approximate surface area is 129 Å². The number of thiol groups is 1. The highest BCUT2D eigenvalue weighted by atomic mass is 32.1. The lowest BCUT2D eigenvalue weighted by molar-refractivity contribution is 0.309. The van der Waals surface area contributed by atoms with E-state index < -0.39 is 0 Å². The number of aryl methyl sites for hydroxylation is 2. The number of aromatic nitrogens is 1. The molecule has 0 atom stereocenters. The normalized spacial score (nSPS) is 11.0. The van der Waals surface area contributed by atoms with E-state index in [2.05, 4.69) is 36.8 Å². The van der Waals surface area contributed by atoms with Gasteiger partial charge in [0.2, 0.25) is 0 Å². The Hall–Kier alpha value is -1.94. The van der Waals surface area contributed by atoms with Crippen LogP contribution in [0.2, 0.25) is 0 Å². The van der Waals surface area contributed by atoms with Crippen LogP contribution in [0.3, 0.4) is 0 Å². The molecule has 0 aliphatic heterocycles. The third-order valence-electron chi connectivity index (χ3n) is 3.52. The molecule has 2 aromatic carbocycles. The Morgan fingerprint density at radius 2 is 2.00 bits per heavy atom. The Morgan fingerprint density at radius 1 is 1.14 bits per heavy atom. The van der Waals surface area contributed by atoms with Gasteiger partial charge in [-0.05, 0) is 35.9 Å². The van der Waals surface area contributed by atoms with Crippen molar-refractivity contribution in [3.63, 3.8) is 0 Å². The fraction of sp³-hybridized carbons (Fsp3) is 0.235. The summed E-state index contributed by atoms with van der Waals surface area (Å²) in [6.07, 6.45) is 0.765. The van der Waals surface area contributed by atoms with Gasteiger partial charge in [0, 0.05) is 6.42 Å². The van der Waals surface area contributed by atoms with Crippen molar-refractivity contribution in [3.05, 3.63) is 59.3 Å². The predicted octanol–water partition coefficient (Wildman–Crippen LogP) is 4.19. The summed E-state index contributed by atoms with van der Waals surface area (Å²) in [5, 5.41) is 5.07. The zero-order valence-corrected chi connectivity index (χ0v) is 12.8. The number of hydrogen-bond donors (Lipinski definition) is 1. The molecule has 0 aliphatic rings. The fourth-order valence-electron chi connectivity index (χ4n) is 2.35. The number of rotatable bonds is 5. The molecule has 0 saturated heterocycles. The first-order valence-electron chi connectivity index (χ1n) is 6.95. The molecule has 0 fully saturated rings. The average molecular weight is 299 g/mol. The zero-order valence-electron chi connectivity index (χ0n) is 11.9. The van der Waals surface area contributed by atoms with Crippen LogP contribution >= 0.6 is 12.6 Å². The minimum atomic E-state index is 0.539. The van der Waals surface area contributed by atoms with Crippen molar-refractivity contribution in [1.29, 1.82) is 0 Å². The van der Waals surface area contributed by atoms with E-state index in [1.165, 1.54) is 11.1 Å². The summed E-state index contributed by atoms with van der Waals surface area (Å²) in [6, 6.07) is 14.0. The van der Waals surface area contributed by atoms with Gasteiger partial charge in [0.1, 0.15) is 12.4 Å². The lowest BCUT2D eigenvalue weighted by atomic mass is 10.1. The molecule has 0 radical (unpaired) electrons. The van der Waals surface area contributed by atoms with Crippen LogP contribution in [-0.2, 0) is 13.0 Å². The third-order valence-corrected chi connectivity index (χ3v) is 3.75. The van der Waals surface area contributed by atoms with Crippen LogP contribution in [0.25, 0.3) is 11.0 Å². The first kappa shape index (κ1) is 14.0. The second-order valence-corrected chi connectivity index (χ2v) is 5.39. The molecule has 0 amide bonds. The molecule has 21 heavy (non-hydrogen) atoms. The van der Waals surface area contributed by atoms with Crippen LogP contribution in [0, 0.1) is 6.92 Å². The largest absolute Gasteiger partial charge is 0.488 e. The Morgan fingerprint density at radius 3 is 2.81 bits per heavy atom. The van der Waals surface area contributed by atoms with Gasteiger partial charge in [-0.1, -0.05) is 35.5 Å². The van der Waals surface area contributed by atoms with Gasteiger partial charge in [0.05, 0.1) is 11.1 Å². The lowest BCUT2D eigenvalue weighted by Crippen LogP contribution is -1.98. The van der Waals surface area contributed by atoms with Crippen molar-refractivity contribution >= 4 is 23.6 Å². The molecule has 0 spiro atoms. The Kier molecular flexibility index (Phi) is 4.15. The van der Waals surface area contributed by atoms with Gasteiger partial charge in [-0.3, -0.25) is 0 Å². The molecule has 0 N–H and O–H groups in total. The minimum absolute atomic E-state index is 0.539. The van der Waals surface area contributed by atoms with Crippen LogP contribution < -0.4 is 4.74 Å². The van der Waals surface area contributed by atoms with Gasteiger partial charge in [-0.2, -0.15) is 12.6 Å². The van der Waals surface area contributed by atoms with Gasteiger partial charge in [0.15, 0.2) is 5.58 Å². The summed E-state index contributed by atoms with van der Waals surface area (Å²) in [7, 11) is 0. The maximum absolute atomic E-state index is 6.01. The van der Waals surface area contributed by atoms with Gasteiger partial charge in [0.25, 0.3) is 0 Å². The molecule has 1 heterocycles. The first-order chi connectivity index (χ1) is 10.3. The molecular formula is C17H17NO2S. The van der Waals surface area contributed by atoms with Crippen LogP contribution in [0.5, 0.6) is 5.75 Å². The quantitative estimate of drug-likeness (QED) is 0.718. The van der Waals surface area contributed by atoms with E-state index in [9.17, 15) is 0 Å². The molecule has 4 heteroatoms. The highest BCUT2D eigenvalue weighted by Crippen LogP contribution is 2.30. The Bertz CT molecular complexity index is 751. The van der Waals surface area contributed by atoms with Crippen molar-refractivity contribution in [3.8, 4) is 5.75 Å². The number of hydrogen-bond acceptors (Lipinski definition) is 4. The third kappa shape index (κ3) is 2.90. The van der Waals surface area contributed by atoms with Crippen LogP contribution in [0.1, 0.15) is 16.8 Å². The van der Waals surface area contributed by atoms with E-state index in [4.69, 9.17) is 9.26 Å². The van der Waals surface area contributed by atoms with Crippen molar-refractivity contribution in [2.75, 3.05) is 5.75 Å². The molecular weight excluding hydrogens is 282 g/mol. The fourth-order valence-corrected chi connectivity index (χ4v) is 2.56. The van der Waals surface area contributed by atoms with E-state index in [0.29, 0.717) is 6.61 Å².